The van der Waals surface area contributed by atoms with Crippen LogP contribution in [-0.2, 0) is 10.1 Å². The minimum atomic E-state index is -9.00. The van der Waals surface area contributed by atoms with Crippen LogP contribution in [-0.4, -0.2) is 71.6 Å². The van der Waals surface area contributed by atoms with E-state index in [0.717, 1.165) is 0 Å². The summed E-state index contributed by atoms with van der Waals surface area (Å²) in [4.78, 5) is 10.7. The third kappa shape index (κ3) is 4.62. The van der Waals surface area contributed by atoms with E-state index in [1.54, 1.807) is 0 Å². The molecular weight excluding hydrogens is 631 g/mol. The van der Waals surface area contributed by atoms with Crippen molar-refractivity contribution >= 4 is 16.1 Å². The molecule has 0 aliphatic rings. The predicted molar refractivity (Wildman–Crippen MR) is 85.3 cm³/mol. The summed E-state index contributed by atoms with van der Waals surface area (Å²) in [6, 6.07) is -0.281. The van der Waals surface area contributed by atoms with Crippen LogP contribution in [0.1, 0.15) is 10.4 Å². The lowest BCUT2D eigenvalue weighted by Crippen LogP contribution is -2.75. The second-order valence-electron chi connectivity index (χ2n) is 6.98. The van der Waals surface area contributed by atoms with Crippen molar-refractivity contribution < 1.29 is 102 Å². The second-order valence-corrected chi connectivity index (χ2v) is 8.57. The van der Waals surface area contributed by atoms with Gasteiger partial charge in [0.05, 0.1) is 0 Å². The molecule has 0 fully saturated rings. The Balaban J connectivity index is 3.69. The molecule has 0 radical (unpaired) electrons. The van der Waals surface area contributed by atoms with Crippen molar-refractivity contribution in [2.75, 3.05) is 0 Å². The first-order valence-electron chi connectivity index (χ1n) is 8.51. The Morgan fingerprint density at radius 3 is 1.33 bits per heavy atom. The third-order valence-electron chi connectivity index (χ3n) is 4.41. The highest BCUT2D eigenvalue weighted by atomic mass is 32.2. The predicted octanol–water partition coefficient (Wildman–Crippen LogP) is 5.77. The minimum absolute atomic E-state index is 0.0738. The van der Waals surface area contributed by atoms with Gasteiger partial charge in [-0.1, -0.05) is 0 Å². The van der Waals surface area contributed by atoms with E-state index in [1.807, 2.05) is 0 Å². The van der Waals surface area contributed by atoms with Crippen LogP contribution in [0, 0.1) is 0 Å². The molecule has 0 bridgehead atoms. The van der Waals surface area contributed by atoms with E-state index < -0.39 is 80.1 Å². The molecule has 0 unspecified atom stereocenters. The van der Waals surface area contributed by atoms with Gasteiger partial charge in [-0.3, -0.25) is 0 Å². The summed E-state index contributed by atoms with van der Waals surface area (Å²) >= 11 is 0. The average Bonchev–Trinajstić information content (AvgIpc) is 2.71. The van der Waals surface area contributed by atoms with Crippen molar-refractivity contribution in [3.63, 3.8) is 0 Å². The van der Waals surface area contributed by atoms with Gasteiger partial charge >= 0.3 is 63.1 Å². The van der Waals surface area contributed by atoms with Crippen LogP contribution in [0.25, 0.3) is 0 Å². The standard InChI is InChI=1S/C15H5F17O6S/c16-8(17,10(20,21)12(24,25)14(28,29)30)9(18,19)11(22,23)13(26,27)15(31,32)39(36,37)38-4-1-2-5(7(34)35)6(33)3-4/h1-3,33H,(H,34,35). The van der Waals surface area contributed by atoms with E-state index in [9.17, 15) is 93.0 Å². The van der Waals surface area contributed by atoms with Crippen LogP contribution in [0.4, 0.5) is 74.6 Å². The number of rotatable bonds is 10. The fraction of sp³-hybridized carbons (Fsp3) is 0.533. The van der Waals surface area contributed by atoms with Gasteiger partial charge in [0.15, 0.2) is 0 Å². The topological polar surface area (TPSA) is 101 Å². The SMILES string of the molecule is O=C(O)c1ccc(OS(=O)(=O)C(F)(F)C(F)(F)C(F)(F)C(F)(F)C(F)(F)C(F)(F)C(F)(F)C(F)(F)F)cc1O. The first-order valence-corrected chi connectivity index (χ1v) is 9.92. The molecule has 39 heavy (non-hydrogen) atoms. The zero-order valence-corrected chi connectivity index (χ0v) is 17.9. The van der Waals surface area contributed by atoms with Crippen molar-refractivity contribution in [2.24, 2.45) is 0 Å². The highest BCUT2D eigenvalue weighted by Crippen LogP contribution is 2.64. The molecule has 0 aromatic heterocycles. The number of alkyl halides is 17. The fourth-order valence-corrected chi connectivity index (χ4v) is 3.13. The maximum absolute atomic E-state index is 13.9. The smallest absolute Gasteiger partial charge is 0.460 e. The lowest BCUT2D eigenvalue weighted by Gasteiger charge is -2.42. The Bertz CT molecular complexity index is 1220. The molecule has 0 spiro atoms. The Morgan fingerprint density at radius 2 is 1.00 bits per heavy atom. The number of halogens is 17. The van der Waals surface area contributed by atoms with Gasteiger partial charge in [0.25, 0.3) is 0 Å². The molecular formula is C15H5F17O6S. The summed E-state index contributed by atoms with van der Waals surface area (Å²) in [5.41, 5.74) is -1.18. The van der Waals surface area contributed by atoms with Crippen LogP contribution < -0.4 is 4.18 Å². The molecule has 0 saturated carbocycles. The van der Waals surface area contributed by atoms with Gasteiger partial charge in [0.1, 0.15) is 17.1 Å². The van der Waals surface area contributed by atoms with Crippen molar-refractivity contribution in [3.05, 3.63) is 23.8 Å². The largest absolute Gasteiger partial charge is 0.507 e. The molecule has 0 amide bonds. The summed E-state index contributed by atoms with van der Waals surface area (Å²) in [7, 11) is -7.91. The summed E-state index contributed by atoms with van der Waals surface area (Å²) in [5.74, 6) is -58.0. The number of phenols is 1. The Labute approximate surface area is 201 Å². The number of hydrogen-bond acceptors (Lipinski definition) is 5. The van der Waals surface area contributed by atoms with Gasteiger partial charge in [-0.15, -0.1) is 0 Å². The van der Waals surface area contributed by atoms with E-state index in [4.69, 9.17) is 5.11 Å². The number of hydrogen-bond donors (Lipinski definition) is 2. The van der Waals surface area contributed by atoms with Crippen molar-refractivity contribution in [2.45, 2.75) is 47.0 Å². The lowest BCUT2D eigenvalue weighted by atomic mass is 9.91. The van der Waals surface area contributed by atoms with Gasteiger partial charge < -0.3 is 14.4 Å². The molecule has 1 rings (SSSR count). The monoisotopic (exact) mass is 636 g/mol. The molecule has 6 nitrogen and oxygen atoms in total. The van der Waals surface area contributed by atoms with E-state index in [-0.39, 0.29) is 18.2 Å². The molecule has 0 saturated heterocycles. The van der Waals surface area contributed by atoms with Crippen LogP contribution in [0.5, 0.6) is 11.5 Å². The number of aromatic hydroxyl groups is 1. The Morgan fingerprint density at radius 1 is 0.641 bits per heavy atom. The molecule has 0 aliphatic heterocycles. The van der Waals surface area contributed by atoms with E-state index in [2.05, 4.69) is 4.18 Å². The Hall–Kier alpha value is -2.95. The van der Waals surface area contributed by atoms with Crippen LogP contribution in [0.15, 0.2) is 18.2 Å². The minimum Gasteiger partial charge on any atom is -0.507 e. The average molecular weight is 636 g/mol. The van der Waals surface area contributed by atoms with Crippen molar-refractivity contribution in [1.29, 1.82) is 0 Å². The number of aromatic carboxylic acids is 1. The maximum Gasteiger partial charge on any atom is 0.460 e. The molecule has 1 aromatic carbocycles. The van der Waals surface area contributed by atoms with Crippen LogP contribution in [0.2, 0.25) is 0 Å². The van der Waals surface area contributed by atoms with Crippen LogP contribution >= 0.6 is 0 Å². The third-order valence-corrected chi connectivity index (χ3v) is 5.71. The van der Waals surface area contributed by atoms with Gasteiger partial charge in [-0.05, 0) is 12.1 Å². The summed E-state index contributed by atoms with van der Waals surface area (Å²) in [6.45, 7) is 0. The van der Waals surface area contributed by atoms with E-state index in [0.29, 0.717) is 0 Å². The zero-order valence-electron chi connectivity index (χ0n) is 17.1. The number of benzene rings is 1. The summed E-state index contributed by atoms with van der Waals surface area (Å²) < 4.78 is 251. The zero-order chi connectivity index (χ0) is 31.6. The van der Waals surface area contributed by atoms with Gasteiger partial charge in [-0.2, -0.15) is 83.1 Å². The van der Waals surface area contributed by atoms with Crippen molar-refractivity contribution in [1.82, 2.24) is 0 Å². The summed E-state index contributed by atoms with van der Waals surface area (Å²) in [5, 5.41) is 9.91. The highest BCUT2D eigenvalue weighted by molar-refractivity contribution is 7.88. The first kappa shape index (κ1) is 34.1. The normalized spacial score (nSPS) is 15.3. The summed E-state index contributed by atoms with van der Waals surface area (Å²) in [6.07, 6.45) is -7.95. The van der Waals surface area contributed by atoms with E-state index in [1.165, 1.54) is 0 Å². The number of carboxylic acid groups (broad SMARTS) is 1. The van der Waals surface area contributed by atoms with Crippen LogP contribution in [0.3, 0.4) is 0 Å². The van der Waals surface area contributed by atoms with Crippen molar-refractivity contribution in [3.8, 4) is 11.5 Å². The molecule has 1 aromatic rings. The highest BCUT2D eigenvalue weighted by Gasteiger charge is 2.96. The van der Waals surface area contributed by atoms with E-state index >= 15 is 0 Å². The Kier molecular flexibility index (Phi) is 7.90. The second kappa shape index (κ2) is 9.04. The van der Waals surface area contributed by atoms with Gasteiger partial charge in [0.2, 0.25) is 0 Å². The number of carboxylic acids is 1. The molecule has 0 heterocycles. The first-order chi connectivity index (χ1) is 16.8. The lowest BCUT2D eigenvalue weighted by molar-refractivity contribution is -0.458. The quantitative estimate of drug-likeness (QED) is 0.250. The molecule has 24 heteroatoms. The fourth-order valence-electron chi connectivity index (χ4n) is 2.23. The van der Waals surface area contributed by atoms with Gasteiger partial charge in [0, 0.05) is 6.07 Å². The molecule has 2 N–H and O–H groups in total. The maximum atomic E-state index is 13.9. The molecule has 226 valence electrons. The number of carbonyl (C=O) groups is 1. The molecule has 0 aliphatic carbocycles. The molecule has 0 atom stereocenters. The van der Waals surface area contributed by atoms with Gasteiger partial charge in [-0.25, -0.2) is 4.79 Å².